The van der Waals surface area contributed by atoms with E-state index in [1.807, 2.05) is 0 Å². The topological polar surface area (TPSA) is 38.7 Å². The molecule has 2 aliphatic heterocycles. The van der Waals surface area contributed by atoms with E-state index in [9.17, 15) is 5.11 Å². The standard InChI is InChI=1S/C16H30O3Si/c1-15(2,3)20(16(4,5)6)9-11-13(8-18-20)19-12-7-10(12)14(11)17/h10-14,17H,7-9H2,1-6H3/t10-,11+,12?,13-,14-/m1/s1. The van der Waals surface area contributed by atoms with Crippen molar-refractivity contribution >= 4 is 8.32 Å². The molecule has 116 valence electrons. The first-order chi connectivity index (χ1) is 9.07. The summed E-state index contributed by atoms with van der Waals surface area (Å²) < 4.78 is 12.7. The minimum atomic E-state index is -1.99. The largest absolute Gasteiger partial charge is 0.413 e. The van der Waals surface area contributed by atoms with E-state index in [-0.39, 0.29) is 28.2 Å². The lowest BCUT2D eigenvalue weighted by atomic mass is 9.92. The highest BCUT2D eigenvalue weighted by molar-refractivity contribution is 6.79. The number of hydrogen-bond donors (Lipinski definition) is 1. The quantitative estimate of drug-likeness (QED) is 0.697. The van der Waals surface area contributed by atoms with Crippen molar-refractivity contribution < 1.29 is 14.3 Å². The third-order valence-electron chi connectivity index (χ3n) is 5.92. The van der Waals surface area contributed by atoms with Gasteiger partial charge in [-0.05, 0) is 22.5 Å². The predicted molar refractivity (Wildman–Crippen MR) is 82.2 cm³/mol. The SMILES string of the molecule is CC(C)(C)[Si]1(C(C)(C)C)C[C@@H]2[C@H](O)[C@@H]3CC3O[C@@H]2CO1. The summed E-state index contributed by atoms with van der Waals surface area (Å²) in [5.41, 5.74) is 0. The van der Waals surface area contributed by atoms with Crippen LogP contribution in [0.5, 0.6) is 0 Å². The van der Waals surface area contributed by atoms with Crippen LogP contribution in [-0.2, 0) is 9.16 Å². The van der Waals surface area contributed by atoms with Gasteiger partial charge >= 0.3 is 0 Å². The third-order valence-corrected chi connectivity index (χ3v) is 12.5. The number of hydrogen-bond acceptors (Lipinski definition) is 3. The van der Waals surface area contributed by atoms with E-state index in [0.29, 0.717) is 18.6 Å². The minimum Gasteiger partial charge on any atom is -0.413 e. The molecule has 1 aliphatic carbocycles. The highest BCUT2D eigenvalue weighted by Crippen LogP contribution is 2.60. The molecule has 3 fully saturated rings. The molecule has 0 aromatic heterocycles. The molecule has 3 nitrogen and oxygen atoms in total. The Balaban J connectivity index is 1.91. The molecule has 0 spiro atoms. The van der Waals surface area contributed by atoms with Crippen LogP contribution in [0.2, 0.25) is 16.1 Å². The second-order valence-electron chi connectivity index (χ2n) is 9.11. The first-order valence-electron chi connectivity index (χ1n) is 8.04. The van der Waals surface area contributed by atoms with Gasteiger partial charge in [-0.2, -0.15) is 0 Å². The summed E-state index contributed by atoms with van der Waals surface area (Å²) in [6.07, 6.45) is 1.32. The Morgan fingerprint density at radius 2 is 1.55 bits per heavy atom. The Bertz CT molecular complexity index is 382. The lowest BCUT2D eigenvalue weighted by Gasteiger charge is -2.57. The fourth-order valence-corrected chi connectivity index (χ4v) is 10.8. The highest BCUT2D eigenvalue weighted by atomic mass is 28.4. The molecule has 4 heteroatoms. The van der Waals surface area contributed by atoms with E-state index in [1.54, 1.807) is 0 Å². The van der Waals surface area contributed by atoms with Gasteiger partial charge in [0.05, 0.1) is 24.9 Å². The lowest BCUT2D eigenvalue weighted by Crippen LogP contribution is -2.63. The molecule has 3 rings (SSSR count). The molecule has 0 aromatic rings. The molecular formula is C16H30O3Si. The fraction of sp³-hybridized carbons (Fsp3) is 1.00. The lowest BCUT2D eigenvalue weighted by molar-refractivity contribution is -0.121. The van der Waals surface area contributed by atoms with Crippen LogP contribution in [0.4, 0.5) is 0 Å². The number of fused-ring (bicyclic) bond motifs is 2. The number of rotatable bonds is 0. The predicted octanol–water partition coefficient (Wildman–Crippen LogP) is 3.33. The van der Waals surface area contributed by atoms with Gasteiger partial charge in [0.1, 0.15) is 0 Å². The van der Waals surface area contributed by atoms with Crippen molar-refractivity contribution in [2.24, 2.45) is 11.8 Å². The minimum absolute atomic E-state index is 0.124. The molecule has 1 saturated carbocycles. The Kier molecular flexibility index (Phi) is 3.23. The normalized spacial score (nSPS) is 43.6. The summed E-state index contributed by atoms with van der Waals surface area (Å²) in [4.78, 5) is 0. The van der Waals surface area contributed by atoms with Crippen LogP contribution < -0.4 is 0 Å². The first-order valence-corrected chi connectivity index (χ1v) is 10.2. The van der Waals surface area contributed by atoms with Crippen molar-refractivity contribution in [2.45, 2.75) is 82.4 Å². The average molecular weight is 298 g/mol. The maximum Gasteiger partial charge on any atom is 0.203 e. The van der Waals surface area contributed by atoms with Crippen LogP contribution in [0.3, 0.4) is 0 Å². The maximum atomic E-state index is 10.7. The molecular weight excluding hydrogens is 268 g/mol. The van der Waals surface area contributed by atoms with Crippen LogP contribution in [0.15, 0.2) is 0 Å². The van der Waals surface area contributed by atoms with Gasteiger partial charge in [-0.3, -0.25) is 0 Å². The summed E-state index contributed by atoms with van der Waals surface area (Å²) in [6, 6.07) is 1.04. The second kappa shape index (κ2) is 4.31. The van der Waals surface area contributed by atoms with Crippen LogP contribution in [0.1, 0.15) is 48.0 Å². The molecule has 1 N–H and O–H groups in total. The molecule has 2 heterocycles. The van der Waals surface area contributed by atoms with Crippen LogP contribution in [0.25, 0.3) is 0 Å². The molecule has 3 aliphatic rings. The summed E-state index contributed by atoms with van der Waals surface area (Å²) in [5.74, 6) is 0.693. The molecule has 0 aromatic carbocycles. The van der Waals surface area contributed by atoms with Crippen molar-refractivity contribution in [3.63, 3.8) is 0 Å². The molecule has 0 bridgehead atoms. The highest BCUT2D eigenvalue weighted by Gasteiger charge is 2.64. The Morgan fingerprint density at radius 3 is 2.10 bits per heavy atom. The summed E-state index contributed by atoms with van der Waals surface area (Å²) in [6.45, 7) is 14.6. The summed E-state index contributed by atoms with van der Waals surface area (Å²) in [5, 5.41) is 11.0. The zero-order valence-corrected chi connectivity index (χ0v) is 14.8. The average Bonchev–Trinajstić information content (AvgIpc) is 3.05. The number of ether oxygens (including phenoxy) is 1. The van der Waals surface area contributed by atoms with E-state index >= 15 is 0 Å². The van der Waals surface area contributed by atoms with Crippen molar-refractivity contribution in [3.05, 3.63) is 0 Å². The van der Waals surface area contributed by atoms with Gasteiger partial charge in [-0.1, -0.05) is 41.5 Å². The van der Waals surface area contributed by atoms with E-state index in [2.05, 4.69) is 41.5 Å². The zero-order valence-electron chi connectivity index (χ0n) is 13.8. The van der Waals surface area contributed by atoms with Crippen molar-refractivity contribution in [1.82, 2.24) is 0 Å². The second-order valence-corrected chi connectivity index (χ2v) is 14.5. The van der Waals surface area contributed by atoms with E-state index < -0.39 is 8.32 Å². The van der Waals surface area contributed by atoms with Gasteiger partial charge in [0.2, 0.25) is 8.32 Å². The van der Waals surface area contributed by atoms with Crippen LogP contribution >= 0.6 is 0 Å². The van der Waals surface area contributed by atoms with Crippen molar-refractivity contribution in [3.8, 4) is 0 Å². The number of aliphatic hydroxyl groups excluding tert-OH is 1. The molecule has 0 radical (unpaired) electrons. The smallest absolute Gasteiger partial charge is 0.203 e. The van der Waals surface area contributed by atoms with Gasteiger partial charge in [-0.25, -0.2) is 0 Å². The number of aliphatic hydroxyl groups is 1. The molecule has 5 atom stereocenters. The van der Waals surface area contributed by atoms with E-state index in [0.717, 1.165) is 12.5 Å². The monoisotopic (exact) mass is 298 g/mol. The van der Waals surface area contributed by atoms with Gasteiger partial charge in [-0.15, -0.1) is 0 Å². The van der Waals surface area contributed by atoms with Crippen molar-refractivity contribution in [2.75, 3.05) is 6.61 Å². The van der Waals surface area contributed by atoms with Crippen LogP contribution in [0, 0.1) is 11.8 Å². The summed E-state index contributed by atoms with van der Waals surface area (Å²) in [7, 11) is -1.99. The van der Waals surface area contributed by atoms with E-state index in [4.69, 9.17) is 9.16 Å². The van der Waals surface area contributed by atoms with Gasteiger partial charge in [0, 0.05) is 11.8 Å². The van der Waals surface area contributed by atoms with E-state index in [1.165, 1.54) is 0 Å². The zero-order chi connectivity index (χ0) is 14.9. The van der Waals surface area contributed by atoms with Crippen LogP contribution in [-0.4, -0.2) is 38.3 Å². The first kappa shape index (κ1) is 15.0. The third kappa shape index (κ3) is 2.03. The Morgan fingerprint density at radius 1 is 0.950 bits per heavy atom. The molecule has 20 heavy (non-hydrogen) atoms. The van der Waals surface area contributed by atoms with Gasteiger partial charge < -0.3 is 14.3 Å². The Hall–Kier alpha value is 0.0969. The molecule has 0 amide bonds. The van der Waals surface area contributed by atoms with Gasteiger partial charge in [0.25, 0.3) is 0 Å². The Labute approximate surface area is 124 Å². The molecule has 1 unspecified atom stereocenters. The fourth-order valence-electron chi connectivity index (χ4n) is 4.77. The van der Waals surface area contributed by atoms with Gasteiger partial charge in [0.15, 0.2) is 0 Å². The maximum absolute atomic E-state index is 10.7. The molecule has 2 saturated heterocycles. The van der Waals surface area contributed by atoms with Crippen molar-refractivity contribution in [1.29, 1.82) is 0 Å². The summed E-state index contributed by atoms with van der Waals surface area (Å²) >= 11 is 0.